The van der Waals surface area contributed by atoms with E-state index in [4.69, 9.17) is 0 Å². The molecule has 82 valence electrons. The van der Waals surface area contributed by atoms with Crippen molar-refractivity contribution in [3.8, 4) is 0 Å². The van der Waals surface area contributed by atoms with E-state index in [1.807, 2.05) is 25.1 Å². The van der Waals surface area contributed by atoms with E-state index < -0.39 is 5.60 Å². The van der Waals surface area contributed by atoms with Gasteiger partial charge in [0, 0.05) is 5.41 Å². The molecule has 1 atom stereocenters. The minimum Gasteiger partial charge on any atom is -0.386 e. The van der Waals surface area contributed by atoms with Crippen molar-refractivity contribution in [1.82, 2.24) is 0 Å². The maximum absolute atomic E-state index is 10.2. The molecule has 0 amide bonds. The van der Waals surface area contributed by atoms with Gasteiger partial charge in [0.1, 0.15) is 0 Å². The standard InChI is InChI=1S/C14H20O/c1-5-14(4,15)13(2,3)11-12-9-7-6-8-10-12/h5-10,15H,1,11H2,2-4H3. The van der Waals surface area contributed by atoms with Gasteiger partial charge < -0.3 is 5.11 Å². The Kier molecular flexibility index (Phi) is 3.35. The number of hydrogen-bond acceptors (Lipinski definition) is 1. The number of hydrogen-bond donors (Lipinski definition) is 1. The Morgan fingerprint density at radius 2 is 1.73 bits per heavy atom. The fourth-order valence-electron chi connectivity index (χ4n) is 1.56. The maximum Gasteiger partial charge on any atom is 0.0850 e. The highest BCUT2D eigenvalue weighted by molar-refractivity contribution is 5.18. The van der Waals surface area contributed by atoms with E-state index in [1.54, 1.807) is 6.08 Å². The third-order valence-electron chi connectivity index (χ3n) is 3.26. The van der Waals surface area contributed by atoms with Gasteiger partial charge >= 0.3 is 0 Å². The van der Waals surface area contributed by atoms with Gasteiger partial charge in [0.25, 0.3) is 0 Å². The topological polar surface area (TPSA) is 20.2 Å². The highest BCUT2D eigenvalue weighted by Crippen LogP contribution is 2.34. The Bertz CT molecular complexity index is 322. The van der Waals surface area contributed by atoms with Gasteiger partial charge in [-0.1, -0.05) is 50.3 Å². The molecular weight excluding hydrogens is 184 g/mol. The number of aliphatic hydroxyl groups is 1. The monoisotopic (exact) mass is 204 g/mol. The smallest absolute Gasteiger partial charge is 0.0850 e. The third-order valence-corrected chi connectivity index (χ3v) is 3.26. The van der Waals surface area contributed by atoms with E-state index in [9.17, 15) is 5.11 Å². The van der Waals surface area contributed by atoms with E-state index in [2.05, 4.69) is 32.6 Å². The van der Waals surface area contributed by atoms with E-state index in [1.165, 1.54) is 5.56 Å². The van der Waals surface area contributed by atoms with Crippen molar-refractivity contribution in [2.45, 2.75) is 32.8 Å². The van der Waals surface area contributed by atoms with Crippen LogP contribution in [0.5, 0.6) is 0 Å². The lowest BCUT2D eigenvalue weighted by Gasteiger charge is -2.38. The van der Waals surface area contributed by atoms with Crippen LogP contribution in [0.4, 0.5) is 0 Å². The summed E-state index contributed by atoms with van der Waals surface area (Å²) in [5, 5.41) is 10.2. The summed E-state index contributed by atoms with van der Waals surface area (Å²) in [5.74, 6) is 0. The Balaban J connectivity index is 2.86. The van der Waals surface area contributed by atoms with Crippen LogP contribution in [-0.2, 0) is 6.42 Å². The molecule has 0 saturated heterocycles. The summed E-state index contributed by atoms with van der Waals surface area (Å²) < 4.78 is 0. The highest BCUT2D eigenvalue weighted by atomic mass is 16.3. The van der Waals surface area contributed by atoms with Gasteiger partial charge in [-0.25, -0.2) is 0 Å². The van der Waals surface area contributed by atoms with Gasteiger partial charge in [-0.3, -0.25) is 0 Å². The molecule has 1 heteroatoms. The van der Waals surface area contributed by atoms with Crippen molar-refractivity contribution >= 4 is 0 Å². The lowest BCUT2D eigenvalue weighted by Crippen LogP contribution is -2.41. The molecule has 1 nitrogen and oxygen atoms in total. The van der Waals surface area contributed by atoms with Gasteiger partial charge in [-0.2, -0.15) is 0 Å². The second-order valence-electron chi connectivity index (χ2n) is 4.90. The van der Waals surface area contributed by atoms with E-state index in [0.717, 1.165) is 6.42 Å². The molecule has 0 heterocycles. The molecule has 0 radical (unpaired) electrons. The van der Waals surface area contributed by atoms with Crippen LogP contribution >= 0.6 is 0 Å². The molecular formula is C14H20O. The summed E-state index contributed by atoms with van der Waals surface area (Å²) in [6.45, 7) is 9.61. The highest BCUT2D eigenvalue weighted by Gasteiger charge is 2.36. The molecule has 0 aliphatic carbocycles. The molecule has 1 aromatic carbocycles. The van der Waals surface area contributed by atoms with Crippen LogP contribution in [0.15, 0.2) is 43.0 Å². The van der Waals surface area contributed by atoms with Gasteiger partial charge in [-0.15, -0.1) is 6.58 Å². The number of rotatable bonds is 4. The molecule has 0 spiro atoms. The number of benzene rings is 1. The summed E-state index contributed by atoms with van der Waals surface area (Å²) >= 11 is 0. The second-order valence-corrected chi connectivity index (χ2v) is 4.90. The largest absolute Gasteiger partial charge is 0.386 e. The van der Waals surface area contributed by atoms with Crippen molar-refractivity contribution < 1.29 is 5.11 Å². The summed E-state index contributed by atoms with van der Waals surface area (Å²) in [5.41, 5.74) is 0.184. The SMILES string of the molecule is C=CC(C)(O)C(C)(C)Cc1ccccc1. The average molecular weight is 204 g/mol. The predicted octanol–water partition coefficient (Wildman–Crippen LogP) is 3.19. The van der Waals surface area contributed by atoms with Crippen LogP contribution in [0.1, 0.15) is 26.3 Å². The van der Waals surface area contributed by atoms with Crippen molar-refractivity contribution in [1.29, 1.82) is 0 Å². The predicted molar refractivity (Wildman–Crippen MR) is 64.7 cm³/mol. The Hall–Kier alpha value is -1.08. The summed E-state index contributed by atoms with van der Waals surface area (Å²) in [6, 6.07) is 10.2. The van der Waals surface area contributed by atoms with Crippen LogP contribution in [0.2, 0.25) is 0 Å². The molecule has 1 rings (SSSR count). The lowest BCUT2D eigenvalue weighted by molar-refractivity contribution is -0.00741. The Labute approximate surface area is 92.5 Å². The van der Waals surface area contributed by atoms with Gasteiger partial charge in [0.15, 0.2) is 0 Å². The lowest BCUT2D eigenvalue weighted by atomic mass is 9.72. The zero-order chi connectivity index (χ0) is 11.5. The first kappa shape index (κ1) is 12.0. The zero-order valence-electron chi connectivity index (χ0n) is 9.83. The van der Waals surface area contributed by atoms with Crippen molar-refractivity contribution in [2.24, 2.45) is 5.41 Å². The fourth-order valence-corrected chi connectivity index (χ4v) is 1.56. The third kappa shape index (κ3) is 2.69. The van der Waals surface area contributed by atoms with Crippen LogP contribution in [-0.4, -0.2) is 10.7 Å². The normalized spacial score (nSPS) is 15.7. The van der Waals surface area contributed by atoms with Crippen LogP contribution in [0, 0.1) is 5.41 Å². The molecule has 0 aromatic heterocycles. The first-order valence-electron chi connectivity index (χ1n) is 5.29. The molecule has 0 saturated carbocycles. The summed E-state index contributed by atoms with van der Waals surface area (Å²) in [6.07, 6.45) is 2.46. The zero-order valence-corrected chi connectivity index (χ0v) is 9.83. The van der Waals surface area contributed by atoms with E-state index in [-0.39, 0.29) is 5.41 Å². The summed E-state index contributed by atoms with van der Waals surface area (Å²) in [7, 11) is 0. The Morgan fingerprint density at radius 1 is 1.20 bits per heavy atom. The second kappa shape index (κ2) is 4.19. The van der Waals surface area contributed by atoms with Gasteiger partial charge in [0.05, 0.1) is 5.60 Å². The van der Waals surface area contributed by atoms with Crippen molar-refractivity contribution in [3.05, 3.63) is 48.6 Å². The molecule has 0 aliphatic heterocycles. The Morgan fingerprint density at radius 3 is 2.20 bits per heavy atom. The van der Waals surface area contributed by atoms with E-state index >= 15 is 0 Å². The van der Waals surface area contributed by atoms with Crippen molar-refractivity contribution in [2.75, 3.05) is 0 Å². The minimum atomic E-state index is -0.844. The van der Waals surface area contributed by atoms with Gasteiger partial charge in [0.2, 0.25) is 0 Å². The van der Waals surface area contributed by atoms with Crippen LogP contribution < -0.4 is 0 Å². The molecule has 0 bridgehead atoms. The first-order chi connectivity index (χ1) is 6.89. The molecule has 1 aromatic rings. The van der Waals surface area contributed by atoms with E-state index in [0.29, 0.717) is 0 Å². The van der Waals surface area contributed by atoms with Crippen molar-refractivity contribution in [3.63, 3.8) is 0 Å². The molecule has 0 fully saturated rings. The average Bonchev–Trinajstić information content (AvgIpc) is 2.18. The van der Waals surface area contributed by atoms with Crippen LogP contribution in [0.3, 0.4) is 0 Å². The fraction of sp³-hybridized carbons (Fsp3) is 0.429. The summed E-state index contributed by atoms with van der Waals surface area (Å²) in [4.78, 5) is 0. The molecule has 1 unspecified atom stereocenters. The van der Waals surface area contributed by atoms with Gasteiger partial charge in [-0.05, 0) is 18.9 Å². The maximum atomic E-state index is 10.2. The minimum absolute atomic E-state index is 0.212. The quantitative estimate of drug-likeness (QED) is 0.747. The molecule has 15 heavy (non-hydrogen) atoms. The molecule has 0 aliphatic rings. The molecule has 1 N–H and O–H groups in total. The first-order valence-corrected chi connectivity index (χ1v) is 5.29. The van der Waals surface area contributed by atoms with Crippen LogP contribution in [0.25, 0.3) is 0 Å².